The number of nitrogens with zero attached hydrogens (tertiary/aromatic N) is 2. The van der Waals surface area contributed by atoms with Gasteiger partial charge in [0.15, 0.2) is 5.69 Å². The van der Waals surface area contributed by atoms with Crippen LogP contribution in [0.3, 0.4) is 0 Å². The summed E-state index contributed by atoms with van der Waals surface area (Å²) in [5.74, 6) is 0.947. The Bertz CT molecular complexity index is 447. The predicted molar refractivity (Wildman–Crippen MR) is 79.1 cm³/mol. The van der Waals surface area contributed by atoms with Gasteiger partial charge in [0, 0.05) is 38.7 Å². The molecule has 2 rings (SSSR count). The number of carbonyl (C=O) groups excluding carboxylic acids is 1. The van der Waals surface area contributed by atoms with Crippen LogP contribution in [0, 0.1) is 5.92 Å². The SMILES string of the molecule is CCCc1cc(C(=O)NCCN2CCCC(CO)C2)no1. The van der Waals surface area contributed by atoms with E-state index in [0.29, 0.717) is 18.2 Å². The first-order valence-corrected chi connectivity index (χ1v) is 7.80. The van der Waals surface area contributed by atoms with Gasteiger partial charge in [-0.15, -0.1) is 0 Å². The summed E-state index contributed by atoms with van der Waals surface area (Å²) >= 11 is 0. The highest BCUT2D eigenvalue weighted by Crippen LogP contribution is 2.15. The number of aliphatic hydroxyl groups excluding tert-OH is 1. The molecule has 0 spiro atoms. The van der Waals surface area contributed by atoms with Crippen molar-refractivity contribution in [3.63, 3.8) is 0 Å². The molecule has 0 aromatic carbocycles. The van der Waals surface area contributed by atoms with Gasteiger partial charge < -0.3 is 19.8 Å². The number of aryl methyl sites for hydroxylation is 1. The van der Waals surface area contributed by atoms with Crippen LogP contribution in [-0.4, -0.2) is 53.9 Å². The third-order valence-electron chi connectivity index (χ3n) is 3.86. The average molecular weight is 295 g/mol. The molecular formula is C15H25N3O3. The van der Waals surface area contributed by atoms with Crippen molar-refractivity contribution >= 4 is 5.91 Å². The zero-order valence-electron chi connectivity index (χ0n) is 12.7. The molecule has 1 unspecified atom stereocenters. The molecule has 1 aliphatic heterocycles. The van der Waals surface area contributed by atoms with Crippen LogP contribution >= 0.6 is 0 Å². The maximum atomic E-state index is 11.9. The van der Waals surface area contributed by atoms with Gasteiger partial charge in [-0.1, -0.05) is 12.1 Å². The number of piperidine rings is 1. The Kier molecular flexibility index (Phi) is 6.20. The van der Waals surface area contributed by atoms with E-state index in [0.717, 1.165) is 51.1 Å². The number of nitrogens with one attached hydrogen (secondary N) is 1. The minimum absolute atomic E-state index is 0.183. The molecule has 1 aliphatic rings. The largest absolute Gasteiger partial charge is 0.396 e. The molecule has 6 nitrogen and oxygen atoms in total. The van der Waals surface area contributed by atoms with Crippen molar-refractivity contribution in [2.24, 2.45) is 5.92 Å². The average Bonchev–Trinajstić information content (AvgIpc) is 2.96. The Labute approximate surface area is 125 Å². The number of hydrogen-bond acceptors (Lipinski definition) is 5. The molecule has 1 saturated heterocycles. The van der Waals surface area contributed by atoms with Gasteiger partial charge in [-0.2, -0.15) is 0 Å². The lowest BCUT2D eigenvalue weighted by Crippen LogP contribution is -2.41. The summed E-state index contributed by atoms with van der Waals surface area (Å²) in [6.45, 7) is 5.66. The topological polar surface area (TPSA) is 78.6 Å². The molecule has 0 aliphatic carbocycles. The lowest BCUT2D eigenvalue weighted by Gasteiger charge is -2.31. The minimum atomic E-state index is -0.183. The lowest BCUT2D eigenvalue weighted by molar-refractivity contribution is 0.0922. The Hall–Kier alpha value is -1.40. The normalized spacial score (nSPS) is 19.6. The van der Waals surface area contributed by atoms with Crippen LogP contribution in [0.25, 0.3) is 0 Å². The van der Waals surface area contributed by atoms with Crippen LogP contribution in [0.1, 0.15) is 42.4 Å². The second kappa shape index (κ2) is 8.14. The van der Waals surface area contributed by atoms with Crippen molar-refractivity contribution < 1.29 is 14.4 Å². The summed E-state index contributed by atoms with van der Waals surface area (Å²) in [6, 6.07) is 1.71. The molecule has 0 radical (unpaired) electrons. The zero-order valence-corrected chi connectivity index (χ0v) is 12.7. The van der Waals surface area contributed by atoms with E-state index in [4.69, 9.17) is 4.52 Å². The van der Waals surface area contributed by atoms with Gasteiger partial charge in [-0.3, -0.25) is 4.79 Å². The summed E-state index contributed by atoms with van der Waals surface area (Å²) in [7, 11) is 0. The molecule has 2 heterocycles. The summed E-state index contributed by atoms with van der Waals surface area (Å²) in [6.07, 6.45) is 3.98. The third-order valence-corrected chi connectivity index (χ3v) is 3.86. The van der Waals surface area contributed by atoms with E-state index < -0.39 is 0 Å². The smallest absolute Gasteiger partial charge is 0.273 e. The van der Waals surface area contributed by atoms with Crippen molar-refractivity contribution in [3.05, 3.63) is 17.5 Å². The Morgan fingerprint density at radius 3 is 3.24 bits per heavy atom. The van der Waals surface area contributed by atoms with Crippen LogP contribution in [0.2, 0.25) is 0 Å². The molecule has 0 saturated carbocycles. The third kappa shape index (κ3) is 4.82. The van der Waals surface area contributed by atoms with Crippen LogP contribution in [-0.2, 0) is 6.42 Å². The van der Waals surface area contributed by atoms with E-state index in [1.807, 2.05) is 0 Å². The van der Waals surface area contributed by atoms with Gasteiger partial charge in [-0.25, -0.2) is 0 Å². The number of amides is 1. The highest BCUT2D eigenvalue weighted by molar-refractivity contribution is 5.92. The standard InChI is InChI=1S/C15H25N3O3/c1-2-4-13-9-14(17-21-13)15(20)16-6-8-18-7-3-5-12(10-18)11-19/h9,12,19H,2-8,10-11H2,1H3,(H,16,20). The molecule has 2 N–H and O–H groups in total. The fourth-order valence-corrected chi connectivity index (χ4v) is 2.71. The zero-order chi connectivity index (χ0) is 15.1. The van der Waals surface area contributed by atoms with Crippen LogP contribution in [0.15, 0.2) is 10.6 Å². The number of aliphatic hydroxyl groups is 1. The monoisotopic (exact) mass is 295 g/mol. The lowest BCUT2D eigenvalue weighted by atomic mass is 9.99. The minimum Gasteiger partial charge on any atom is -0.396 e. The van der Waals surface area contributed by atoms with Crippen molar-refractivity contribution in [1.29, 1.82) is 0 Å². The summed E-state index contributed by atoms with van der Waals surface area (Å²) in [5, 5.41) is 15.9. The van der Waals surface area contributed by atoms with Gasteiger partial charge in [0.05, 0.1) is 0 Å². The van der Waals surface area contributed by atoms with E-state index in [-0.39, 0.29) is 12.5 Å². The number of carbonyl (C=O) groups is 1. The van der Waals surface area contributed by atoms with Gasteiger partial charge in [0.1, 0.15) is 5.76 Å². The predicted octanol–water partition coefficient (Wildman–Crippen LogP) is 1.06. The molecule has 1 fully saturated rings. The first kappa shape index (κ1) is 16.0. The molecule has 1 aromatic heterocycles. The fraction of sp³-hybridized carbons (Fsp3) is 0.733. The molecule has 0 bridgehead atoms. The molecule has 1 amide bonds. The number of hydrogen-bond donors (Lipinski definition) is 2. The Balaban J connectivity index is 1.71. The molecule has 1 atom stereocenters. The summed E-state index contributed by atoms with van der Waals surface area (Å²) in [4.78, 5) is 14.2. The number of likely N-dealkylation sites (tertiary alicyclic amines) is 1. The highest BCUT2D eigenvalue weighted by Gasteiger charge is 2.19. The quantitative estimate of drug-likeness (QED) is 0.786. The summed E-state index contributed by atoms with van der Waals surface area (Å²) < 4.78 is 5.10. The first-order chi connectivity index (χ1) is 10.2. The van der Waals surface area contributed by atoms with Crippen molar-refractivity contribution in [2.75, 3.05) is 32.8 Å². The maximum Gasteiger partial charge on any atom is 0.273 e. The van der Waals surface area contributed by atoms with Gasteiger partial charge >= 0.3 is 0 Å². The van der Waals surface area contributed by atoms with Crippen LogP contribution in [0.4, 0.5) is 0 Å². The second-order valence-electron chi connectivity index (χ2n) is 5.68. The fourth-order valence-electron chi connectivity index (χ4n) is 2.71. The van der Waals surface area contributed by atoms with E-state index >= 15 is 0 Å². The van der Waals surface area contributed by atoms with Gasteiger partial charge in [0.2, 0.25) is 0 Å². The molecule has 21 heavy (non-hydrogen) atoms. The maximum absolute atomic E-state index is 11.9. The number of rotatable bonds is 7. The van der Waals surface area contributed by atoms with Crippen molar-refractivity contribution in [2.45, 2.75) is 32.6 Å². The highest BCUT2D eigenvalue weighted by atomic mass is 16.5. The van der Waals surface area contributed by atoms with Crippen molar-refractivity contribution in [3.8, 4) is 0 Å². The molecule has 118 valence electrons. The van der Waals surface area contributed by atoms with E-state index in [2.05, 4.69) is 22.3 Å². The first-order valence-electron chi connectivity index (χ1n) is 7.80. The van der Waals surface area contributed by atoms with Gasteiger partial charge in [0.25, 0.3) is 5.91 Å². The van der Waals surface area contributed by atoms with Gasteiger partial charge in [-0.05, 0) is 31.7 Å². The molecular weight excluding hydrogens is 270 g/mol. The molecule has 6 heteroatoms. The van der Waals surface area contributed by atoms with Crippen molar-refractivity contribution in [1.82, 2.24) is 15.4 Å². The summed E-state index contributed by atoms with van der Waals surface area (Å²) in [5.41, 5.74) is 0.352. The second-order valence-corrected chi connectivity index (χ2v) is 5.68. The Morgan fingerprint density at radius 2 is 2.48 bits per heavy atom. The van der Waals surface area contributed by atoms with Crippen LogP contribution < -0.4 is 5.32 Å². The van der Waals surface area contributed by atoms with E-state index in [1.54, 1.807) is 6.07 Å². The van der Waals surface area contributed by atoms with Crippen LogP contribution in [0.5, 0.6) is 0 Å². The number of aromatic nitrogens is 1. The Morgan fingerprint density at radius 1 is 1.62 bits per heavy atom. The molecule has 1 aromatic rings. The van der Waals surface area contributed by atoms with E-state index in [9.17, 15) is 9.90 Å². The van der Waals surface area contributed by atoms with E-state index in [1.165, 1.54) is 0 Å².